The smallest absolute Gasteiger partial charge is 0.0973 e. The van der Waals surface area contributed by atoms with Crippen molar-refractivity contribution in [3.8, 4) is 0 Å². The first-order valence-corrected chi connectivity index (χ1v) is 9.42. The Morgan fingerprint density at radius 1 is 0.538 bits per heavy atom. The van der Waals surface area contributed by atoms with E-state index in [0.29, 0.717) is 0 Å². The topological polar surface area (TPSA) is 6.48 Å². The van der Waals surface area contributed by atoms with Crippen molar-refractivity contribution in [3.63, 3.8) is 0 Å². The van der Waals surface area contributed by atoms with Gasteiger partial charge < -0.3 is 4.90 Å². The summed E-state index contributed by atoms with van der Waals surface area (Å²) in [5.41, 5.74) is 3.75. The summed E-state index contributed by atoms with van der Waals surface area (Å²) < 4.78 is 0. The standard InChI is InChI=1S/C24H26N2/c1-25-17-19-26(20-18-25)24(21-11-5-2-6-12-21,22-13-7-3-8-14-22)23-15-9-4-10-16-23/h2-16H,17-20H2,1H3. The second kappa shape index (κ2) is 7.45. The van der Waals surface area contributed by atoms with Gasteiger partial charge in [0.1, 0.15) is 0 Å². The molecule has 0 spiro atoms. The van der Waals surface area contributed by atoms with Crippen LogP contribution >= 0.6 is 0 Å². The third-order valence-electron chi connectivity index (χ3n) is 5.55. The van der Waals surface area contributed by atoms with Gasteiger partial charge >= 0.3 is 0 Å². The summed E-state index contributed by atoms with van der Waals surface area (Å²) in [4.78, 5) is 5.08. The van der Waals surface area contributed by atoms with Crippen molar-refractivity contribution in [2.45, 2.75) is 5.54 Å². The minimum Gasteiger partial charge on any atom is -0.304 e. The minimum atomic E-state index is -0.259. The Hall–Kier alpha value is -2.42. The van der Waals surface area contributed by atoms with Crippen LogP contribution in [-0.2, 0) is 5.54 Å². The molecule has 0 amide bonds. The van der Waals surface area contributed by atoms with Gasteiger partial charge in [-0.3, -0.25) is 4.90 Å². The predicted octanol–water partition coefficient (Wildman–Crippen LogP) is 4.23. The van der Waals surface area contributed by atoms with Crippen LogP contribution in [0, 0.1) is 0 Å². The molecule has 3 aromatic carbocycles. The first-order valence-electron chi connectivity index (χ1n) is 9.42. The zero-order chi connectivity index (χ0) is 17.8. The summed E-state index contributed by atoms with van der Waals surface area (Å²) in [6.07, 6.45) is 0. The quantitative estimate of drug-likeness (QED) is 0.655. The summed E-state index contributed by atoms with van der Waals surface area (Å²) >= 11 is 0. The van der Waals surface area contributed by atoms with E-state index in [9.17, 15) is 0 Å². The second-order valence-electron chi connectivity index (χ2n) is 7.10. The van der Waals surface area contributed by atoms with Crippen molar-refractivity contribution in [1.82, 2.24) is 9.80 Å². The molecule has 0 aliphatic carbocycles. The van der Waals surface area contributed by atoms with Crippen molar-refractivity contribution in [2.75, 3.05) is 33.2 Å². The van der Waals surface area contributed by atoms with Gasteiger partial charge in [-0.25, -0.2) is 0 Å². The molecular weight excluding hydrogens is 316 g/mol. The number of benzene rings is 3. The highest BCUT2D eigenvalue weighted by atomic mass is 15.3. The van der Waals surface area contributed by atoms with Crippen molar-refractivity contribution < 1.29 is 0 Å². The van der Waals surface area contributed by atoms with Gasteiger partial charge in [-0.05, 0) is 23.7 Å². The Kier molecular flexibility index (Phi) is 4.87. The number of piperazine rings is 1. The predicted molar refractivity (Wildman–Crippen MR) is 108 cm³/mol. The van der Waals surface area contributed by atoms with Gasteiger partial charge in [0.25, 0.3) is 0 Å². The van der Waals surface area contributed by atoms with Crippen LogP contribution in [0.4, 0.5) is 0 Å². The molecule has 1 fully saturated rings. The van der Waals surface area contributed by atoms with Crippen molar-refractivity contribution in [1.29, 1.82) is 0 Å². The molecule has 0 unspecified atom stereocenters. The monoisotopic (exact) mass is 342 g/mol. The van der Waals surface area contributed by atoms with E-state index in [4.69, 9.17) is 0 Å². The van der Waals surface area contributed by atoms with Crippen molar-refractivity contribution in [3.05, 3.63) is 108 Å². The maximum absolute atomic E-state index is 2.66. The van der Waals surface area contributed by atoms with Gasteiger partial charge in [0, 0.05) is 26.2 Å². The molecule has 0 atom stereocenters. The molecule has 0 radical (unpaired) electrons. The molecule has 1 aliphatic heterocycles. The molecular formula is C24H26N2. The summed E-state index contributed by atoms with van der Waals surface area (Å²) in [7, 11) is 2.21. The number of rotatable bonds is 4. The molecule has 0 aromatic heterocycles. The lowest BCUT2D eigenvalue weighted by Gasteiger charge is -2.48. The van der Waals surface area contributed by atoms with Crippen LogP contribution in [0.5, 0.6) is 0 Å². The van der Waals surface area contributed by atoms with Crippen molar-refractivity contribution in [2.24, 2.45) is 0 Å². The third-order valence-corrected chi connectivity index (χ3v) is 5.55. The van der Waals surface area contributed by atoms with Crippen LogP contribution < -0.4 is 0 Å². The molecule has 2 nitrogen and oxygen atoms in total. The average Bonchev–Trinajstić information content (AvgIpc) is 2.72. The molecule has 1 heterocycles. The molecule has 1 aliphatic rings. The number of likely N-dealkylation sites (N-methyl/N-ethyl adjacent to an activating group) is 1. The molecule has 0 N–H and O–H groups in total. The normalized spacial score (nSPS) is 16.5. The van der Waals surface area contributed by atoms with Gasteiger partial charge in [0.15, 0.2) is 0 Å². The van der Waals surface area contributed by atoms with Gasteiger partial charge in [-0.15, -0.1) is 0 Å². The number of hydrogen-bond acceptors (Lipinski definition) is 2. The van der Waals surface area contributed by atoms with Gasteiger partial charge in [-0.1, -0.05) is 91.0 Å². The van der Waals surface area contributed by atoms with Gasteiger partial charge in [0.2, 0.25) is 0 Å². The number of nitrogens with zero attached hydrogens (tertiary/aromatic N) is 2. The van der Waals surface area contributed by atoms with E-state index < -0.39 is 0 Å². The van der Waals surface area contributed by atoms with Crippen molar-refractivity contribution >= 4 is 0 Å². The third kappa shape index (κ3) is 2.96. The Bertz CT molecular complexity index is 710. The lowest BCUT2D eigenvalue weighted by atomic mass is 9.75. The van der Waals surface area contributed by atoms with E-state index >= 15 is 0 Å². The van der Waals surface area contributed by atoms with Crippen LogP contribution in [0.3, 0.4) is 0 Å². The highest BCUT2D eigenvalue weighted by molar-refractivity contribution is 5.49. The van der Waals surface area contributed by atoms with E-state index in [-0.39, 0.29) is 5.54 Å². The fraction of sp³-hybridized carbons (Fsp3) is 0.250. The minimum absolute atomic E-state index is 0.259. The molecule has 0 bridgehead atoms. The van der Waals surface area contributed by atoms with Gasteiger partial charge in [0.05, 0.1) is 5.54 Å². The SMILES string of the molecule is CN1CCN(C(c2ccccc2)(c2ccccc2)c2ccccc2)CC1. The Morgan fingerprint density at radius 3 is 1.23 bits per heavy atom. The van der Waals surface area contributed by atoms with E-state index in [1.54, 1.807) is 0 Å². The van der Waals surface area contributed by atoms with Crippen LogP contribution in [0.25, 0.3) is 0 Å². The Labute approximate surface area is 156 Å². The zero-order valence-electron chi connectivity index (χ0n) is 15.4. The maximum atomic E-state index is 2.66. The fourth-order valence-electron chi connectivity index (χ4n) is 4.23. The first-order chi connectivity index (χ1) is 12.8. The highest BCUT2D eigenvalue weighted by Gasteiger charge is 2.42. The fourth-order valence-corrected chi connectivity index (χ4v) is 4.23. The molecule has 1 saturated heterocycles. The van der Waals surface area contributed by atoms with E-state index in [0.717, 1.165) is 26.2 Å². The lowest BCUT2D eigenvalue weighted by Crippen LogP contribution is -2.55. The molecule has 26 heavy (non-hydrogen) atoms. The van der Waals surface area contributed by atoms with E-state index in [1.807, 2.05) is 0 Å². The zero-order valence-corrected chi connectivity index (χ0v) is 15.4. The summed E-state index contributed by atoms with van der Waals surface area (Å²) in [5, 5.41) is 0. The van der Waals surface area contributed by atoms with E-state index in [2.05, 4.69) is 108 Å². The van der Waals surface area contributed by atoms with Crippen LogP contribution in [0.15, 0.2) is 91.0 Å². The lowest BCUT2D eigenvalue weighted by molar-refractivity contribution is 0.0856. The molecule has 132 valence electrons. The van der Waals surface area contributed by atoms with E-state index in [1.165, 1.54) is 16.7 Å². The molecule has 0 saturated carbocycles. The highest BCUT2D eigenvalue weighted by Crippen LogP contribution is 2.42. The molecule has 3 aromatic rings. The molecule has 4 rings (SSSR count). The summed E-state index contributed by atoms with van der Waals surface area (Å²) in [6, 6.07) is 32.9. The molecule has 2 heteroatoms. The maximum Gasteiger partial charge on any atom is 0.0973 e. The first kappa shape index (κ1) is 17.0. The average molecular weight is 342 g/mol. The van der Waals surface area contributed by atoms with Crippen LogP contribution in [0.2, 0.25) is 0 Å². The largest absolute Gasteiger partial charge is 0.304 e. The second-order valence-corrected chi connectivity index (χ2v) is 7.10. The summed E-state index contributed by atoms with van der Waals surface area (Å²) in [6.45, 7) is 4.28. The Balaban J connectivity index is 1.97. The van der Waals surface area contributed by atoms with Crippen LogP contribution in [-0.4, -0.2) is 43.0 Å². The summed E-state index contributed by atoms with van der Waals surface area (Å²) in [5.74, 6) is 0. The number of hydrogen-bond donors (Lipinski definition) is 0. The van der Waals surface area contributed by atoms with Crippen LogP contribution in [0.1, 0.15) is 16.7 Å². The van der Waals surface area contributed by atoms with Gasteiger partial charge in [-0.2, -0.15) is 0 Å². The Morgan fingerprint density at radius 2 is 0.885 bits per heavy atom.